The first-order valence-corrected chi connectivity index (χ1v) is 11.4. The number of hydrogen-bond donors (Lipinski definition) is 0. The van der Waals surface area contributed by atoms with Gasteiger partial charge in [-0.1, -0.05) is 67.2 Å². The molecule has 0 aliphatic carbocycles. The summed E-state index contributed by atoms with van der Waals surface area (Å²) in [5.74, 6) is 0.0689. The maximum atomic E-state index is 11.8. The molecule has 1 aromatic heterocycles. The van der Waals surface area contributed by atoms with Gasteiger partial charge in [-0.2, -0.15) is 0 Å². The van der Waals surface area contributed by atoms with E-state index < -0.39 is 0 Å². The molecule has 2 aliphatic rings. The zero-order valence-corrected chi connectivity index (χ0v) is 18.4. The Balaban J connectivity index is 1.22. The van der Waals surface area contributed by atoms with E-state index in [0.29, 0.717) is 5.41 Å². The van der Waals surface area contributed by atoms with Crippen LogP contribution in [-0.2, 0) is 11.3 Å². The number of carbonyl (C=O) groups excluding carboxylic acids is 1. The lowest BCUT2D eigenvalue weighted by atomic mass is 9.72. The van der Waals surface area contributed by atoms with Crippen LogP contribution in [0.3, 0.4) is 0 Å². The normalized spacial score (nSPS) is 17.7. The second-order valence-electron chi connectivity index (χ2n) is 9.14. The highest BCUT2D eigenvalue weighted by atomic mass is 16.2. The molecular formula is C28H29N3O. The molecule has 2 aliphatic heterocycles. The van der Waals surface area contributed by atoms with Crippen LogP contribution in [0.15, 0.2) is 85.6 Å². The van der Waals surface area contributed by atoms with Crippen LogP contribution in [0.4, 0.5) is 0 Å². The summed E-state index contributed by atoms with van der Waals surface area (Å²) >= 11 is 0. The monoisotopic (exact) mass is 423 g/mol. The maximum absolute atomic E-state index is 11.8. The summed E-state index contributed by atoms with van der Waals surface area (Å²) in [6, 6.07) is 23.4. The first kappa shape index (κ1) is 20.7. The smallest absolute Gasteiger partial charge is 0.245 e. The first-order chi connectivity index (χ1) is 15.7. The van der Waals surface area contributed by atoms with Crippen LogP contribution in [0, 0.1) is 5.41 Å². The van der Waals surface area contributed by atoms with Crippen LogP contribution in [0.25, 0.3) is 22.4 Å². The molecule has 2 aromatic carbocycles. The van der Waals surface area contributed by atoms with Crippen LogP contribution in [0.1, 0.15) is 18.4 Å². The third kappa shape index (κ3) is 4.11. The van der Waals surface area contributed by atoms with Crippen molar-refractivity contribution >= 4 is 5.91 Å². The minimum Gasteiger partial charge on any atom is -0.339 e. The van der Waals surface area contributed by atoms with E-state index in [0.717, 1.165) is 62.4 Å². The summed E-state index contributed by atoms with van der Waals surface area (Å²) in [7, 11) is 0. The molecule has 3 aromatic rings. The van der Waals surface area contributed by atoms with E-state index in [1.54, 1.807) is 0 Å². The molecule has 162 valence electrons. The van der Waals surface area contributed by atoms with Crippen LogP contribution in [-0.4, -0.2) is 46.9 Å². The molecule has 0 unspecified atom stereocenters. The van der Waals surface area contributed by atoms with E-state index in [4.69, 9.17) is 0 Å². The number of nitrogens with zero attached hydrogens (tertiary/aromatic N) is 3. The molecule has 4 heteroatoms. The van der Waals surface area contributed by atoms with Crippen LogP contribution in [0.2, 0.25) is 0 Å². The highest BCUT2D eigenvalue weighted by molar-refractivity contribution is 5.87. The van der Waals surface area contributed by atoms with Gasteiger partial charge in [-0.25, -0.2) is 0 Å². The molecule has 0 bridgehead atoms. The molecule has 0 saturated carbocycles. The second kappa shape index (κ2) is 8.71. The minimum atomic E-state index is 0.0689. The van der Waals surface area contributed by atoms with Crippen LogP contribution >= 0.6 is 0 Å². The van der Waals surface area contributed by atoms with E-state index in [1.165, 1.54) is 17.2 Å². The molecule has 0 N–H and O–H groups in total. The summed E-state index contributed by atoms with van der Waals surface area (Å²) in [6.07, 6.45) is 5.50. The third-order valence-electron chi connectivity index (χ3n) is 6.95. The van der Waals surface area contributed by atoms with Gasteiger partial charge in [0.1, 0.15) is 0 Å². The molecule has 1 amide bonds. The summed E-state index contributed by atoms with van der Waals surface area (Å²) in [4.78, 5) is 21.0. The van der Waals surface area contributed by atoms with Crippen molar-refractivity contribution in [2.75, 3.05) is 26.2 Å². The molecule has 0 atom stereocenters. The number of piperidine rings is 1. The van der Waals surface area contributed by atoms with Gasteiger partial charge in [0.25, 0.3) is 0 Å². The highest BCUT2D eigenvalue weighted by Gasteiger charge is 2.44. The average molecular weight is 424 g/mol. The lowest BCUT2D eigenvalue weighted by molar-refractivity contribution is -0.131. The largest absolute Gasteiger partial charge is 0.339 e. The SMILES string of the molecule is C=CC(=O)N1CCC2(CC1)CN(Cc1ccc(-c3ncccc3-c3ccccc3)cc1)C2. The number of hydrogen-bond acceptors (Lipinski definition) is 3. The summed E-state index contributed by atoms with van der Waals surface area (Å²) in [5.41, 5.74) is 6.25. The van der Waals surface area contributed by atoms with Gasteiger partial charge in [-0.3, -0.25) is 14.7 Å². The second-order valence-corrected chi connectivity index (χ2v) is 9.14. The Labute approximate surface area is 190 Å². The summed E-state index contributed by atoms with van der Waals surface area (Å²) in [5, 5.41) is 0. The number of pyridine rings is 1. The van der Waals surface area contributed by atoms with Crippen molar-refractivity contribution in [1.82, 2.24) is 14.8 Å². The lowest BCUT2D eigenvalue weighted by Crippen LogP contribution is -2.60. The topological polar surface area (TPSA) is 36.4 Å². The Morgan fingerprint density at radius 1 is 0.938 bits per heavy atom. The standard InChI is InChI=1S/C28H29N3O/c1-2-26(32)31-17-14-28(15-18-31)20-30(21-28)19-22-10-12-24(13-11-22)27-25(9-6-16-29-27)23-7-4-3-5-8-23/h2-13,16H,1,14-15,17-21H2. The molecule has 32 heavy (non-hydrogen) atoms. The van der Waals surface area contributed by atoms with Crippen molar-refractivity contribution < 1.29 is 4.79 Å². The van der Waals surface area contributed by atoms with Gasteiger partial charge in [-0.15, -0.1) is 0 Å². The predicted octanol–water partition coefficient (Wildman–Crippen LogP) is 5.03. The molecule has 4 nitrogen and oxygen atoms in total. The van der Waals surface area contributed by atoms with Crippen molar-refractivity contribution in [3.8, 4) is 22.4 Å². The zero-order chi connectivity index (χ0) is 22.0. The van der Waals surface area contributed by atoms with E-state index >= 15 is 0 Å². The molecule has 5 rings (SSSR count). The number of rotatable bonds is 5. The zero-order valence-electron chi connectivity index (χ0n) is 18.4. The summed E-state index contributed by atoms with van der Waals surface area (Å²) < 4.78 is 0. The minimum absolute atomic E-state index is 0.0689. The van der Waals surface area contributed by atoms with Gasteiger partial charge in [0, 0.05) is 50.0 Å². The van der Waals surface area contributed by atoms with Crippen molar-refractivity contribution in [1.29, 1.82) is 0 Å². The fourth-order valence-electron chi connectivity index (χ4n) is 5.17. The molecule has 3 heterocycles. The Morgan fingerprint density at radius 3 is 2.34 bits per heavy atom. The first-order valence-electron chi connectivity index (χ1n) is 11.4. The quantitative estimate of drug-likeness (QED) is 0.540. The highest BCUT2D eigenvalue weighted by Crippen LogP contribution is 2.41. The summed E-state index contributed by atoms with van der Waals surface area (Å²) in [6.45, 7) is 8.57. The van der Waals surface area contributed by atoms with E-state index in [9.17, 15) is 4.79 Å². The lowest BCUT2D eigenvalue weighted by Gasteiger charge is -2.54. The molecule has 0 radical (unpaired) electrons. The van der Waals surface area contributed by atoms with Gasteiger partial charge < -0.3 is 4.90 Å². The van der Waals surface area contributed by atoms with E-state index in [2.05, 4.69) is 71.1 Å². The van der Waals surface area contributed by atoms with Gasteiger partial charge in [-0.05, 0) is 41.5 Å². The Morgan fingerprint density at radius 2 is 1.66 bits per heavy atom. The fourth-order valence-corrected chi connectivity index (χ4v) is 5.17. The molecular weight excluding hydrogens is 394 g/mol. The number of benzene rings is 2. The van der Waals surface area contributed by atoms with Crippen LogP contribution < -0.4 is 0 Å². The van der Waals surface area contributed by atoms with Gasteiger partial charge in [0.2, 0.25) is 5.91 Å². The third-order valence-corrected chi connectivity index (χ3v) is 6.95. The number of likely N-dealkylation sites (tertiary alicyclic amines) is 2. The van der Waals surface area contributed by atoms with Gasteiger partial charge >= 0.3 is 0 Å². The molecule has 1 spiro atoms. The number of carbonyl (C=O) groups is 1. The van der Waals surface area contributed by atoms with E-state index in [-0.39, 0.29) is 5.91 Å². The van der Waals surface area contributed by atoms with Crippen molar-refractivity contribution in [2.24, 2.45) is 5.41 Å². The number of amides is 1. The van der Waals surface area contributed by atoms with Crippen LogP contribution in [0.5, 0.6) is 0 Å². The molecule has 2 fully saturated rings. The Bertz CT molecular complexity index is 1090. The van der Waals surface area contributed by atoms with Gasteiger partial charge in [0.05, 0.1) is 5.69 Å². The van der Waals surface area contributed by atoms with Crippen molar-refractivity contribution in [3.05, 3.63) is 91.1 Å². The van der Waals surface area contributed by atoms with E-state index in [1.807, 2.05) is 23.2 Å². The maximum Gasteiger partial charge on any atom is 0.245 e. The van der Waals surface area contributed by atoms with Crippen molar-refractivity contribution in [3.63, 3.8) is 0 Å². The Hall–Kier alpha value is -3.24. The van der Waals surface area contributed by atoms with Gasteiger partial charge in [0.15, 0.2) is 0 Å². The average Bonchev–Trinajstić information content (AvgIpc) is 2.84. The Kier molecular flexibility index (Phi) is 5.62. The fraction of sp³-hybridized carbons (Fsp3) is 0.286. The van der Waals surface area contributed by atoms with Crippen molar-refractivity contribution in [2.45, 2.75) is 19.4 Å². The predicted molar refractivity (Wildman–Crippen MR) is 129 cm³/mol. The number of aromatic nitrogens is 1. The molecule has 2 saturated heterocycles.